The van der Waals surface area contributed by atoms with Crippen LogP contribution in [0.15, 0.2) is 24.3 Å². The van der Waals surface area contributed by atoms with Crippen LogP contribution in [0.5, 0.6) is 0 Å². The lowest BCUT2D eigenvalue weighted by Crippen LogP contribution is -2.38. The van der Waals surface area contributed by atoms with Gasteiger partial charge in [0.15, 0.2) is 0 Å². The summed E-state index contributed by atoms with van der Waals surface area (Å²) in [6.07, 6.45) is 4.76. The van der Waals surface area contributed by atoms with Crippen molar-refractivity contribution >= 4 is 0 Å². The quantitative estimate of drug-likeness (QED) is 0.889. The maximum Gasteiger partial charge on any atom is 0.123 e. The van der Waals surface area contributed by atoms with Crippen LogP contribution in [0, 0.1) is 5.82 Å². The average Bonchev–Trinajstić information content (AvgIpc) is 2.66. The molecule has 1 saturated heterocycles. The van der Waals surface area contributed by atoms with Crippen LogP contribution >= 0.6 is 0 Å². The minimum absolute atomic E-state index is 0.155. The first kappa shape index (κ1) is 15.5. The molecule has 1 aromatic carbocycles. The predicted octanol–water partition coefficient (Wildman–Crippen LogP) is 3.22. The second-order valence-electron chi connectivity index (χ2n) is 5.96. The Morgan fingerprint density at radius 2 is 2.00 bits per heavy atom. The lowest BCUT2D eigenvalue weighted by Gasteiger charge is -2.22. The molecule has 3 heteroatoms. The monoisotopic (exact) mass is 278 g/mol. The summed E-state index contributed by atoms with van der Waals surface area (Å²) in [7, 11) is 0. The molecule has 0 aliphatic carbocycles. The summed E-state index contributed by atoms with van der Waals surface area (Å²) in [5.41, 5.74) is 1.20. The fourth-order valence-corrected chi connectivity index (χ4v) is 3.07. The SMILES string of the molecule is CCN1CCCC(NC(C)Cc2ccc(F)cc2)CC1. The number of likely N-dealkylation sites (tertiary alicyclic amines) is 1. The maximum absolute atomic E-state index is 12.9. The number of hydrogen-bond donors (Lipinski definition) is 1. The minimum Gasteiger partial charge on any atom is -0.311 e. The van der Waals surface area contributed by atoms with Gasteiger partial charge in [-0.05, 0) is 69.9 Å². The summed E-state index contributed by atoms with van der Waals surface area (Å²) >= 11 is 0. The van der Waals surface area contributed by atoms with Gasteiger partial charge in [-0.1, -0.05) is 19.1 Å². The molecule has 0 radical (unpaired) electrons. The second-order valence-corrected chi connectivity index (χ2v) is 5.96. The number of benzene rings is 1. The molecular formula is C17H27FN2. The van der Waals surface area contributed by atoms with E-state index in [9.17, 15) is 4.39 Å². The van der Waals surface area contributed by atoms with Crippen LogP contribution in [0.3, 0.4) is 0 Å². The van der Waals surface area contributed by atoms with Crippen LogP contribution in [0.25, 0.3) is 0 Å². The molecule has 0 saturated carbocycles. The standard InChI is InChI=1S/C17H27FN2/c1-3-20-11-4-5-17(10-12-20)19-14(2)13-15-6-8-16(18)9-7-15/h6-9,14,17,19H,3-5,10-13H2,1-2H3. The zero-order chi connectivity index (χ0) is 14.4. The highest BCUT2D eigenvalue weighted by molar-refractivity contribution is 5.17. The van der Waals surface area contributed by atoms with E-state index in [1.807, 2.05) is 12.1 Å². The smallest absolute Gasteiger partial charge is 0.123 e. The molecule has 1 aliphatic rings. The van der Waals surface area contributed by atoms with E-state index in [4.69, 9.17) is 0 Å². The maximum atomic E-state index is 12.9. The molecule has 20 heavy (non-hydrogen) atoms. The molecule has 1 aliphatic heterocycles. The van der Waals surface area contributed by atoms with Crippen molar-refractivity contribution in [3.8, 4) is 0 Å². The molecule has 2 rings (SSSR count). The van der Waals surface area contributed by atoms with Crippen LogP contribution in [0.1, 0.15) is 38.7 Å². The molecule has 0 spiro atoms. The lowest BCUT2D eigenvalue weighted by molar-refractivity contribution is 0.295. The number of hydrogen-bond acceptors (Lipinski definition) is 2. The van der Waals surface area contributed by atoms with E-state index < -0.39 is 0 Å². The fourth-order valence-electron chi connectivity index (χ4n) is 3.07. The first-order valence-electron chi connectivity index (χ1n) is 7.90. The van der Waals surface area contributed by atoms with Gasteiger partial charge in [0.25, 0.3) is 0 Å². The van der Waals surface area contributed by atoms with Gasteiger partial charge in [-0.3, -0.25) is 0 Å². The molecule has 0 aromatic heterocycles. The van der Waals surface area contributed by atoms with Crippen molar-refractivity contribution in [1.29, 1.82) is 0 Å². The molecule has 1 fully saturated rings. The third kappa shape index (κ3) is 4.88. The Kier molecular flexibility index (Phi) is 5.99. The Hall–Kier alpha value is -0.930. The Morgan fingerprint density at radius 3 is 2.70 bits per heavy atom. The highest BCUT2D eigenvalue weighted by atomic mass is 19.1. The number of nitrogens with one attached hydrogen (secondary N) is 1. The molecule has 2 unspecified atom stereocenters. The van der Waals surface area contributed by atoms with Crippen molar-refractivity contribution in [2.45, 2.75) is 51.6 Å². The Bertz CT molecular complexity index is 390. The number of halogens is 1. The van der Waals surface area contributed by atoms with E-state index in [2.05, 4.69) is 24.1 Å². The summed E-state index contributed by atoms with van der Waals surface area (Å²) in [5.74, 6) is -0.155. The van der Waals surface area contributed by atoms with Crippen molar-refractivity contribution in [3.63, 3.8) is 0 Å². The Labute approximate surface area is 122 Å². The van der Waals surface area contributed by atoms with Crippen LogP contribution in [-0.4, -0.2) is 36.6 Å². The summed E-state index contributed by atoms with van der Waals surface area (Å²) in [4.78, 5) is 2.53. The lowest BCUT2D eigenvalue weighted by atomic mass is 10.0. The highest BCUT2D eigenvalue weighted by Gasteiger charge is 2.17. The summed E-state index contributed by atoms with van der Waals surface area (Å²) < 4.78 is 12.9. The molecular weight excluding hydrogens is 251 g/mol. The van der Waals surface area contributed by atoms with Gasteiger partial charge in [0.2, 0.25) is 0 Å². The van der Waals surface area contributed by atoms with E-state index in [-0.39, 0.29) is 5.82 Å². The largest absolute Gasteiger partial charge is 0.311 e. The minimum atomic E-state index is -0.155. The topological polar surface area (TPSA) is 15.3 Å². The zero-order valence-corrected chi connectivity index (χ0v) is 12.7. The van der Waals surface area contributed by atoms with E-state index in [1.54, 1.807) is 12.1 Å². The third-order valence-electron chi connectivity index (χ3n) is 4.24. The predicted molar refractivity (Wildman–Crippen MR) is 82.5 cm³/mol. The molecule has 0 amide bonds. The number of nitrogens with zero attached hydrogens (tertiary/aromatic N) is 1. The van der Waals surface area contributed by atoms with Crippen LogP contribution in [-0.2, 0) is 6.42 Å². The van der Waals surface area contributed by atoms with Crippen molar-refractivity contribution in [3.05, 3.63) is 35.6 Å². The summed E-state index contributed by atoms with van der Waals surface area (Å²) in [6, 6.07) is 7.94. The average molecular weight is 278 g/mol. The van der Waals surface area contributed by atoms with Crippen molar-refractivity contribution in [1.82, 2.24) is 10.2 Å². The van der Waals surface area contributed by atoms with Crippen LogP contribution in [0.2, 0.25) is 0 Å². The third-order valence-corrected chi connectivity index (χ3v) is 4.24. The van der Waals surface area contributed by atoms with Crippen LogP contribution < -0.4 is 5.32 Å². The molecule has 2 atom stereocenters. The van der Waals surface area contributed by atoms with E-state index >= 15 is 0 Å². The Morgan fingerprint density at radius 1 is 1.25 bits per heavy atom. The molecule has 2 nitrogen and oxygen atoms in total. The highest BCUT2D eigenvalue weighted by Crippen LogP contribution is 2.13. The van der Waals surface area contributed by atoms with Gasteiger partial charge in [-0.2, -0.15) is 0 Å². The van der Waals surface area contributed by atoms with Gasteiger partial charge in [0, 0.05) is 12.1 Å². The first-order valence-corrected chi connectivity index (χ1v) is 7.90. The normalized spacial score (nSPS) is 22.4. The van der Waals surface area contributed by atoms with E-state index in [0.29, 0.717) is 12.1 Å². The summed E-state index contributed by atoms with van der Waals surface area (Å²) in [6.45, 7) is 8.08. The van der Waals surface area contributed by atoms with Gasteiger partial charge >= 0.3 is 0 Å². The molecule has 112 valence electrons. The number of rotatable bonds is 5. The van der Waals surface area contributed by atoms with Gasteiger partial charge in [-0.25, -0.2) is 4.39 Å². The van der Waals surface area contributed by atoms with Gasteiger partial charge in [-0.15, -0.1) is 0 Å². The van der Waals surface area contributed by atoms with Gasteiger partial charge in [0.1, 0.15) is 5.82 Å². The molecule has 1 N–H and O–H groups in total. The Balaban J connectivity index is 1.79. The van der Waals surface area contributed by atoms with Gasteiger partial charge < -0.3 is 10.2 Å². The molecule has 1 heterocycles. The van der Waals surface area contributed by atoms with E-state index in [1.165, 1.54) is 37.9 Å². The van der Waals surface area contributed by atoms with Gasteiger partial charge in [0.05, 0.1) is 0 Å². The van der Waals surface area contributed by atoms with E-state index in [0.717, 1.165) is 13.0 Å². The van der Waals surface area contributed by atoms with Crippen molar-refractivity contribution in [2.24, 2.45) is 0 Å². The van der Waals surface area contributed by atoms with Crippen molar-refractivity contribution in [2.75, 3.05) is 19.6 Å². The zero-order valence-electron chi connectivity index (χ0n) is 12.7. The molecule has 1 aromatic rings. The first-order chi connectivity index (χ1) is 9.67. The molecule has 0 bridgehead atoms. The second kappa shape index (κ2) is 7.75. The van der Waals surface area contributed by atoms with Crippen molar-refractivity contribution < 1.29 is 4.39 Å². The summed E-state index contributed by atoms with van der Waals surface area (Å²) in [5, 5.41) is 3.75. The van der Waals surface area contributed by atoms with Crippen LogP contribution in [0.4, 0.5) is 4.39 Å². The fraction of sp³-hybridized carbons (Fsp3) is 0.647.